The van der Waals surface area contributed by atoms with Crippen LogP contribution in [-0.2, 0) is 14.4 Å². The first-order chi connectivity index (χ1) is 22.9. The van der Waals surface area contributed by atoms with Gasteiger partial charge in [0.1, 0.15) is 6.04 Å². The van der Waals surface area contributed by atoms with Crippen molar-refractivity contribution in [3.63, 3.8) is 0 Å². The molecule has 0 saturated carbocycles. The number of carbonyl (C=O) groups excluding carboxylic acids is 3. The smallest absolute Gasteiger partial charge is 0.251 e. The molecule has 0 radical (unpaired) electrons. The number of unbranched alkanes of at least 4 members (excludes halogenated alkanes) is 3. The number of amides is 3. The Morgan fingerprint density at radius 1 is 0.894 bits per heavy atom. The molecule has 3 aliphatic heterocycles. The van der Waals surface area contributed by atoms with Gasteiger partial charge in [-0.3, -0.25) is 14.4 Å². The van der Waals surface area contributed by atoms with Gasteiger partial charge in [-0.05, 0) is 75.9 Å². The van der Waals surface area contributed by atoms with Crippen LogP contribution < -0.4 is 14.7 Å². The average molecular weight is 659 g/mol. The number of hydrogen-bond acceptors (Lipinski definition) is 6. The molecular weight excluding hydrogens is 609 g/mol. The van der Waals surface area contributed by atoms with E-state index in [0.717, 1.165) is 62.3 Å². The van der Waals surface area contributed by atoms with Crippen molar-refractivity contribution in [3.8, 4) is 0 Å². The van der Waals surface area contributed by atoms with Gasteiger partial charge in [-0.1, -0.05) is 43.2 Å². The molecular formula is C38H50N4O4S. The van der Waals surface area contributed by atoms with Gasteiger partial charge in [-0.15, -0.1) is 24.9 Å². The van der Waals surface area contributed by atoms with E-state index in [4.69, 9.17) is 0 Å². The van der Waals surface area contributed by atoms with Crippen molar-refractivity contribution in [2.45, 2.75) is 68.4 Å². The fourth-order valence-corrected chi connectivity index (χ4v) is 10.2. The molecule has 2 unspecified atom stereocenters. The SMILES string of the molecule is C=CCN(C(=O)C1N(CCCCCCO)C(=O)[C@@H]2[C@H](C(=O)N(CC=C)c3ccccc3)[C@@H]3CCC12S3)c1ccc(N(CC)CC)cc1. The highest BCUT2D eigenvalue weighted by Gasteiger charge is 2.74. The van der Waals surface area contributed by atoms with Crippen LogP contribution in [0.5, 0.6) is 0 Å². The van der Waals surface area contributed by atoms with E-state index in [0.29, 0.717) is 26.1 Å². The molecule has 3 saturated heterocycles. The van der Waals surface area contributed by atoms with Gasteiger partial charge in [0, 0.05) is 61.6 Å². The molecule has 5 atom stereocenters. The van der Waals surface area contributed by atoms with Gasteiger partial charge in [-0.25, -0.2) is 0 Å². The summed E-state index contributed by atoms with van der Waals surface area (Å²) in [6.45, 7) is 15.1. The van der Waals surface area contributed by atoms with Gasteiger partial charge in [-0.2, -0.15) is 0 Å². The minimum Gasteiger partial charge on any atom is -0.396 e. The number of rotatable bonds is 17. The summed E-state index contributed by atoms with van der Waals surface area (Å²) in [6, 6.07) is 17.0. The van der Waals surface area contributed by atoms with Crippen molar-refractivity contribution in [2.75, 3.05) is 54.0 Å². The van der Waals surface area contributed by atoms with E-state index < -0.39 is 22.6 Å². The zero-order valence-electron chi connectivity index (χ0n) is 27.9. The number of likely N-dealkylation sites (tertiary alicyclic amines) is 1. The lowest BCUT2D eigenvalue weighted by Crippen LogP contribution is -2.55. The Hall–Kier alpha value is -3.56. The van der Waals surface area contributed by atoms with E-state index >= 15 is 0 Å². The van der Waals surface area contributed by atoms with Crippen molar-refractivity contribution in [3.05, 3.63) is 79.9 Å². The molecule has 2 aromatic carbocycles. The topological polar surface area (TPSA) is 84.4 Å². The van der Waals surface area contributed by atoms with Gasteiger partial charge in [0.05, 0.1) is 16.6 Å². The summed E-state index contributed by atoms with van der Waals surface area (Å²) in [7, 11) is 0. The van der Waals surface area contributed by atoms with Crippen LogP contribution in [0.15, 0.2) is 79.9 Å². The molecule has 3 fully saturated rings. The third-order valence-corrected chi connectivity index (χ3v) is 12.1. The Bertz CT molecular complexity index is 1410. The largest absolute Gasteiger partial charge is 0.396 e. The molecule has 0 aromatic heterocycles. The molecule has 3 aliphatic rings. The van der Waals surface area contributed by atoms with Crippen LogP contribution in [0.2, 0.25) is 0 Å². The molecule has 2 aromatic rings. The highest BCUT2D eigenvalue weighted by molar-refractivity contribution is 8.02. The molecule has 1 spiro atoms. The van der Waals surface area contributed by atoms with Crippen molar-refractivity contribution in [1.29, 1.82) is 0 Å². The van der Waals surface area contributed by atoms with Crippen molar-refractivity contribution < 1.29 is 19.5 Å². The summed E-state index contributed by atoms with van der Waals surface area (Å²) in [5.74, 6) is -1.35. The van der Waals surface area contributed by atoms with E-state index in [9.17, 15) is 19.5 Å². The van der Waals surface area contributed by atoms with Gasteiger partial charge in [0.15, 0.2) is 0 Å². The normalized spacial score (nSPS) is 24.2. The molecule has 0 aliphatic carbocycles. The van der Waals surface area contributed by atoms with E-state index in [1.165, 1.54) is 0 Å². The first-order valence-corrected chi connectivity index (χ1v) is 18.1. The van der Waals surface area contributed by atoms with Crippen LogP contribution in [0.4, 0.5) is 17.1 Å². The Kier molecular flexibility index (Phi) is 11.5. The van der Waals surface area contributed by atoms with Crippen LogP contribution in [0.1, 0.15) is 52.4 Å². The summed E-state index contributed by atoms with van der Waals surface area (Å²) in [6.07, 6.45) is 8.13. The Balaban J connectivity index is 1.51. The van der Waals surface area contributed by atoms with Crippen molar-refractivity contribution >= 4 is 46.5 Å². The second-order valence-corrected chi connectivity index (χ2v) is 14.3. The van der Waals surface area contributed by atoms with E-state index in [2.05, 4.69) is 31.9 Å². The lowest BCUT2D eigenvalue weighted by atomic mass is 9.70. The minimum absolute atomic E-state index is 0.0318. The Morgan fingerprint density at radius 3 is 2.11 bits per heavy atom. The van der Waals surface area contributed by atoms with Crippen molar-refractivity contribution in [1.82, 2.24) is 4.90 Å². The average Bonchev–Trinajstić information content (AvgIpc) is 3.74. The van der Waals surface area contributed by atoms with Gasteiger partial charge in [0.2, 0.25) is 11.8 Å². The second-order valence-electron chi connectivity index (χ2n) is 12.7. The molecule has 3 amide bonds. The minimum atomic E-state index is -0.683. The number of carbonyl (C=O) groups is 3. The lowest BCUT2D eigenvalue weighted by Gasteiger charge is -2.37. The number of thioether (sulfide) groups is 1. The second kappa shape index (κ2) is 15.6. The lowest BCUT2D eigenvalue weighted by molar-refractivity contribution is -0.139. The van der Waals surface area contributed by atoms with E-state index in [1.807, 2.05) is 59.5 Å². The van der Waals surface area contributed by atoms with E-state index in [-0.39, 0.29) is 29.6 Å². The quantitative estimate of drug-likeness (QED) is 0.168. The zero-order valence-corrected chi connectivity index (χ0v) is 28.7. The van der Waals surface area contributed by atoms with Gasteiger partial charge in [0.25, 0.3) is 5.91 Å². The first-order valence-electron chi connectivity index (χ1n) is 17.2. The molecule has 252 valence electrons. The molecule has 1 N–H and O–H groups in total. The molecule has 47 heavy (non-hydrogen) atoms. The highest BCUT2D eigenvalue weighted by Crippen LogP contribution is 2.67. The summed E-state index contributed by atoms with van der Waals surface area (Å²) < 4.78 is -0.679. The number of anilines is 3. The number of fused-ring (bicyclic) bond motifs is 1. The molecule has 8 nitrogen and oxygen atoms in total. The number of nitrogens with zero attached hydrogens (tertiary/aromatic N) is 4. The van der Waals surface area contributed by atoms with Crippen LogP contribution >= 0.6 is 11.8 Å². The molecule has 3 heterocycles. The fourth-order valence-electron chi connectivity index (χ4n) is 7.97. The van der Waals surface area contributed by atoms with Crippen LogP contribution in [-0.4, -0.2) is 83.1 Å². The maximum atomic E-state index is 14.9. The molecule has 5 rings (SSSR count). The maximum Gasteiger partial charge on any atom is 0.251 e. The number of para-hydroxylation sites is 1. The van der Waals surface area contributed by atoms with Crippen LogP contribution in [0, 0.1) is 11.8 Å². The third kappa shape index (κ3) is 6.61. The summed E-state index contributed by atoms with van der Waals surface area (Å²) in [4.78, 5) is 51.6. The van der Waals surface area contributed by atoms with Gasteiger partial charge < -0.3 is 24.7 Å². The third-order valence-electron chi connectivity index (χ3n) is 10.1. The molecule has 2 bridgehead atoms. The number of aliphatic hydroxyl groups excluding tert-OH is 1. The summed E-state index contributed by atoms with van der Waals surface area (Å²) in [5.41, 5.74) is 2.65. The standard InChI is InChI=1S/C38H50N4O4S/c1-5-24-40(29-16-12-11-13-17-29)35(44)32-31-22-23-38(47-31)33(32)36(45)42(26-14-9-10-15-27-43)34(38)37(46)41(25-6-2)30-20-18-28(19-21-30)39(7-3)8-4/h5-6,11-13,16-21,31-34,43H,1-2,7-10,14-15,22-27H2,3-4H3/t31-,32+,33-,34?,38?/m0/s1. The van der Waals surface area contributed by atoms with Crippen molar-refractivity contribution in [2.24, 2.45) is 11.8 Å². The Morgan fingerprint density at radius 2 is 1.49 bits per heavy atom. The fraction of sp³-hybridized carbons (Fsp3) is 0.500. The number of hydrogen-bond donors (Lipinski definition) is 1. The van der Waals surface area contributed by atoms with E-state index in [1.54, 1.807) is 33.7 Å². The predicted molar refractivity (Wildman–Crippen MR) is 193 cm³/mol. The zero-order chi connectivity index (χ0) is 33.6. The predicted octanol–water partition coefficient (Wildman–Crippen LogP) is 5.91. The summed E-state index contributed by atoms with van der Waals surface area (Å²) >= 11 is 1.70. The van der Waals surface area contributed by atoms with Crippen LogP contribution in [0.25, 0.3) is 0 Å². The van der Waals surface area contributed by atoms with Crippen LogP contribution in [0.3, 0.4) is 0 Å². The first kappa shape index (κ1) is 34.8. The van der Waals surface area contributed by atoms with Gasteiger partial charge >= 0.3 is 0 Å². The maximum absolute atomic E-state index is 14.9. The molecule has 9 heteroatoms. The number of benzene rings is 2. The highest BCUT2D eigenvalue weighted by atomic mass is 32.2. The number of aliphatic hydroxyl groups is 1. The summed E-state index contributed by atoms with van der Waals surface area (Å²) in [5, 5.41) is 9.25. The Labute approximate surface area is 284 Å². The monoisotopic (exact) mass is 658 g/mol.